The van der Waals surface area contributed by atoms with Crippen LogP contribution >= 0.6 is 0 Å². The van der Waals surface area contributed by atoms with Gasteiger partial charge in [0.15, 0.2) is 0 Å². The minimum absolute atomic E-state index is 0.129. The van der Waals surface area contributed by atoms with Crippen LogP contribution in [0.25, 0.3) is 0 Å². The van der Waals surface area contributed by atoms with Crippen LogP contribution in [0, 0.1) is 23.2 Å². The summed E-state index contributed by atoms with van der Waals surface area (Å²) >= 11 is 0. The van der Waals surface area contributed by atoms with Gasteiger partial charge in [0.25, 0.3) is 0 Å². The second-order valence-electron chi connectivity index (χ2n) is 11.1. The fraction of sp³-hybridized carbons (Fsp3) is 0.630. The van der Waals surface area contributed by atoms with Crippen LogP contribution in [0.15, 0.2) is 18.2 Å². The van der Waals surface area contributed by atoms with Gasteiger partial charge in [0.05, 0.1) is 37.3 Å². The minimum Gasteiger partial charge on any atom is -0.465 e. The summed E-state index contributed by atoms with van der Waals surface area (Å²) in [5.41, 5.74) is 0.481. The number of rotatable bonds is 6. The van der Waals surface area contributed by atoms with E-state index in [4.69, 9.17) is 9.47 Å². The van der Waals surface area contributed by atoms with Crippen molar-refractivity contribution >= 4 is 29.4 Å². The number of carbonyl (C=O) groups is 4. The number of nitrogens with zero attached hydrogens (tertiary/aromatic N) is 2. The summed E-state index contributed by atoms with van der Waals surface area (Å²) in [6, 6.07) is 4.31. The van der Waals surface area contributed by atoms with Gasteiger partial charge in [-0.3, -0.25) is 14.5 Å². The van der Waals surface area contributed by atoms with Gasteiger partial charge in [0, 0.05) is 31.9 Å². The van der Waals surface area contributed by atoms with Crippen molar-refractivity contribution in [2.24, 2.45) is 23.2 Å². The third kappa shape index (κ3) is 4.85. The minimum atomic E-state index is -0.615. The van der Waals surface area contributed by atoms with Gasteiger partial charge in [0.1, 0.15) is 0 Å². The van der Waals surface area contributed by atoms with E-state index in [-0.39, 0.29) is 29.0 Å². The zero-order valence-electron chi connectivity index (χ0n) is 21.1. The Balaban J connectivity index is 1.16. The summed E-state index contributed by atoms with van der Waals surface area (Å²) in [5.74, 6) is 1.08. The normalized spacial score (nSPS) is 29.1. The van der Waals surface area contributed by atoms with Gasteiger partial charge in [0.2, 0.25) is 11.8 Å². The lowest BCUT2D eigenvalue weighted by Crippen LogP contribution is -2.58. The Morgan fingerprint density at radius 3 is 1.81 bits per heavy atom. The molecule has 6 rings (SSSR count). The molecule has 0 unspecified atom stereocenters. The van der Waals surface area contributed by atoms with E-state index in [0.29, 0.717) is 37.8 Å². The third-order valence-corrected chi connectivity index (χ3v) is 8.58. The largest absolute Gasteiger partial charge is 0.465 e. The smallest absolute Gasteiger partial charge is 0.337 e. The predicted molar refractivity (Wildman–Crippen MR) is 131 cm³/mol. The van der Waals surface area contributed by atoms with Crippen molar-refractivity contribution in [3.63, 3.8) is 0 Å². The molecule has 36 heavy (non-hydrogen) atoms. The van der Waals surface area contributed by atoms with Crippen molar-refractivity contribution in [2.45, 2.75) is 38.5 Å². The molecule has 0 spiro atoms. The summed E-state index contributed by atoms with van der Waals surface area (Å²) in [4.78, 5) is 54.4. The van der Waals surface area contributed by atoms with Crippen LogP contribution in [-0.2, 0) is 19.1 Å². The van der Waals surface area contributed by atoms with Gasteiger partial charge in [-0.25, -0.2) is 9.59 Å². The van der Waals surface area contributed by atoms with Crippen molar-refractivity contribution in [1.29, 1.82) is 0 Å². The highest BCUT2D eigenvalue weighted by Crippen LogP contribution is 2.60. The molecule has 1 aromatic carbocycles. The second-order valence-corrected chi connectivity index (χ2v) is 11.1. The number of esters is 2. The van der Waals surface area contributed by atoms with Crippen LogP contribution in [0.2, 0.25) is 0 Å². The van der Waals surface area contributed by atoms with Crippen molar-refractivity contribution in [2.75, 3.05) is 52.3 Å². The number of methoxy groups -OCH3 is 2. The molecule has 1 aromatic rings. The molecule has 2 amide bonds. The van der Waals surface area contributed by atoms with Crippen molar-refractivity contribution in [3.05, 3.63) is 29.3 Å². The predicted octanol–water partition coefficient (Wildman–Crippen LogP) is 2.56. The molecule has 5 aliphatic rings. The lowest BCUT2D eigenvalue weighted by molar-refractivity contribution is -0.159. The van der Waals surface area contributed by atoms with Gasteiger partial charge in [-0.05, 0) is 74.5 Å². The van der Waals surface area contributed by atoms with E-state index < -0.39 is 11.9 Å². The number of anilines is 1. The van der Waals surface area contributed by atoms with Gasteiger partial charge >= 0.3 is 11.9 Å². The first-order valence-electron chi connectivity index (χ1n) is 12.9. The zero-order chi connectivity index (χ0) is 25.4. The molecule has 5 fully saturated rings. The molecule has 4 aliphatic carbocycles. The van der Waals surface area contributed by atoms with Gasteiger partial charge in [-0.1, -0.05) is 0 Å². The molecule has 1 N–H and O–H groups in total. The molecule has 1 aliphatic heterocycles. The Morgan fingerprint density at radius 2 is 1.33 bits per heavy atom. The van der Waals surface area contributed by atoms with Crippen LogP contribution < -0.4 is 5.32 Å². The van der Waals surface area contributed by atoms with E-state index in [9.17, 15) is 19.2 Å². The highest BCUT2D eigenvalue weighted by atomic mass is 16.5. The van der Waals surface area contributed by atoms with E-state index >= 15 is 0 Å². The molecule has 194 valence electrons. The third-order valence-electron chi connectivity index (χ3n) is 8.58. The van der Waals surface area contributed by atoms with Crippen molar-refractivity contribution < 1.29 is 28.7 Å². The van der Waals surface area contributed by atoms with Crippen LogP contribution in [0.3, 0.4) is 0 Å². The molecule has 0 atom stereocenters. The van der Waals surface area contributed by atoms with Crippen LogP contribution in [-0.4, -0.2) is 80.5 Å². The quantitative estimate of drug-likeness (QED) is 0.602. The van der Waals surface area contributed by atoms with Crippen LogP contribution in [0.5, 0.6) is 0 Å². The van der Waals surface area contributed by atoms with Crippen molar-refractivity contribution in [3.8, 4) is 0 Å². The number of hydrogen-bond donors (Lipinski definition) is 1. The number of carbonyl (C=O) groups excluding carboxylic acids is 4. The summed E-state index contributed by atoms with van der Waals surface area (Å²) in [6.07, 6.45) is 7.16. The fourth-order valence-corrected chi connectivity index (χ4v) is 7.39. The topological polar surface area (TPSA) is 105 Å². The molecule has 9 heteroatoms. The highest BCUT2D eigenvalue weighted by Gasteiger charge is 2.55. The Morgan fingerprint density at radius 1 is 0.833 bits per heavy atom. The maximum absolute atomic E-state index is 13.6. The molecule has 4 saturated carbocycles. The van der Waals surface area contributed by atoms with E-state index in [0.717, 1.165) is 37.0 Å². The van der Waals surface area contributed by atoms with Gasteiger partial charge in [-0.15, -0.1) is 0 Å². The summed E-state index contributed by atoms with van der Waals surface area (Å²) in [6.45, 7) is 2.72. The molecular weight excluding hydrogens is 462 g/mol. The van der Waals surface area contributed by atoms with Crippen LogP contribution in [0.1, 0.15) is 59.2 Å². The Labute approximate surface area is 211 Å². The molecule has 4 bridgehead atoms. The standard InChI is InChI=1S/C27H35N3O6/c1-35-24(32)20-10-21(25(33)36-2)12-22(11-20)28-23(31)16-29-3-5-30(6-4-29)26(34)27-13-17-7-18(14-27)9-19(8-17)15-27/h10-12,17-19H,3-9,13-16H2,1-2H3,(H,28,31). The SMILES string of the molecule is COC(=O)c1cc(NC(=O)CN2CCN(C(=O)C34CC5CC(CC(C5)C3)C4)CC2)cc(C(=O)OC)c1. The molecule has 1 saturated heterocycles. The van der Waals surface area contributed by atoms with Gasteiger partial charge in [-0.2, -0.15) is 0 Å². The van der Waals surface area contributed by atoms with E-state index in [1.54, 1.807) is 0 Å². The second kappa shape index (κ2) is 9.84. The number of hydrogen-bond acceptors (Lipinski definition) is 7. The maximum atomic E-state index is 13.6. The average Bonchev–Trinajstić information content (AvgIpc) is 2.86. The summed E-state index contributed by atoms with van der Waals surface area (Å²) < 4.78 is 9.50. The molecule has 1 heterocycles. The fourth-order valence-electron chi connectivity index (χ4n) is 7.39. The maximum Gasteiger partial charge on any atom is 0.337 e. The first-order chi connectivity index (χ1) is 17.3. The molecule has 9 nitrogen and oxygen atoms in total. The van der Waals surface area contributed by atoms with Gasteiger partial charge < -0.3 is 19.7 Å². The number of benzene rings is 1. The number of piperazine rings is 1. The lowest BCUT2D eigenvalue weighted by atomic mass is 9.49. The Kier molecular flexibility index (Phi) is 6.76. The van der Waals surface area contributed by atoms with Crippen LogP contribution in [0.4, 0.5) is 5.69 Å². The molecule has 0 aromatic heterocycles. The monoisotopic (exact) mass is 497 g/mol. The zero-order valence-corrected chi connectivity index (χ0v) is 21.1. The lowest BCUT2D eigenvalue weighted by Gasteiger charge is -2.57. The highest BCUT2D eigenvalue weighted by molar-refractivity contribution is 5.99. The molecular formula is C27H35N3O6. The number of ether oxygens (including phenoxy) is 2. The summed E-state index contributed by atoms with van der Waals surface area (Å²) in [7, 11) is 2.50. The van der Waals surface area contributed by atoms with E-state index in [1.807, 2.05) is 9.80 Å². The van der Waals surface area contributed by atoms with Crippen molar-refractivity contribution in [1.82, 2.24) is 9.80 Å². The number of amides is 2. The Hall–Kier alpha value is -2.94. The Bertz CT molecular complexity index is 992. The first kappa shape index (κ1) is 24.7. The first-order valence-corrected chi connectivity index (χ1v) is 12.9. The summed E-state index contributed by atoms with van der Waals surface area (Å²) in [5, 5.41) is 2.77. The average molecular weight is 498 g/mol. The van der Waals surface area contributed by atoms with E-state index in [2.05, 4.69) is 5.32 Å². The molecule has 0 radical (unpaired) electrons. The number of nitrogens with one attached hydrogen (secondary N) is 1. The van der Waals surface area contributed by atoms with E-state index in [1.165, 1.54) is 51.7 Å².